The average Bonchev–Trinajstić information content (AvgIpc) is 2.91. The van der Waals surface area contributed by atoms with Gasteiger partial charge in [-0.25, -0.2) is 4.39 Å². The van der Waals surface area contributed by atoms with E-state index in [9.17, 15) is 17.6 Å². The van der Waals surface area contributed by atoms with Crippen LogP contribution in [0.3, 0.4) is 0 Å². The maximum absolute atomic E-state index is 13.0. The van der Waals surface area contributed by atoms with Crippen LogP contribution < -0.4 is 0 Å². The highest BCUT2D eigenvalue weighted by atomic mass is 32.2. The molecule has 0 unspecified atom stereocenters. The number of amidine groups is 1. The van der Waals surface area contributed by atoms with Gasteiger partial charge in [-0.3, -0.25) is 9.69 Å². The molecule has 0 radical (unpaired) electrons. The van der Waals surface area contributed by atoms with Gasteiger partial charge in [-0.05, 0) is 47.7 Å². The summed E-state index contributed by atoms with van der Waals surface area (Å²) in [5.74, 6) is -0.898. The van der Waals surface area contributed by atoms with Gasteiger partial charge in [0.1, 0.15) is 5.82 Å². The second kappa shape index (κ2) is 7.89. The molecule has 1 aliphatic heterocycles. The lowest BCUT2D eigenvalue weighted by Crippen LogP contribution is -2.29. The normalized spacial score (nSPS) is 17.7. The molecule has 0 aromatic heterocycles. The van der Waals surface area contributed by atoms with Crippen LogP contribution in [0.25, 0.3) is 6.08 Å². The standard InChI is InChI=1S/C19H15FN2O3S2/c1-2-12-22-18(23)17(13-14-6-4-3-5-7-14)26-19(22)21-27(24,25)16-10-8-15(20)9-11-16/h2-11,13H,1,12H2. The molecule has 5 nitrogen and oxygen atoms in total. The maximum Gasteiger partial charge on any atom is 0.284 e. The molecule has 0 atom stereocenters. The van der Waals surface area contributed by atoms with Gasteiger partial charge in [0.2, 0.25) is 0 Å². The highest BCUT2D eigenvalue weighted by molar-refractivity contribution is 8.19. The van der Waals surface area contributed by atoms with Crippen LogP contribution in [0, 0.1) is 5.82 Å². The molecule has 27 heavy (non-hydrogen) atoms. The minimum absolute atomic E-state index is 0.0337. The Morgan fingerprint density at radius 2 is 1.78 bits per heavy atom. The average molecular weight is 402 g/mol. The molecule has 0 aliphatic carbocycles. The number of hydrogen-bond donors (Lipinski definition) is 0. The van der Waals surface area contributed by atoms with Crippen LogP contribution in [0.2, 0.25) is 0 Å². The molecule has 1 aliphatic rings. The van der Waals surface area contributed by atoms with Crippen molar-refractivity contribution >= 4 is 38.9 Å². The molecule has 0 N–H and O–H groups in total. The Labute approximate surface area is 161 Å². The van der Waals surface area contributed by atoms with E-state index in [0.717, 1.165) is 41.6 Å². The predicted octanol–water partition coefficient (Wildman–Crippen LogP) is 3.67. The monoisotopic (exact) mass is 402 g/mol. The highest BCUT2D eigenvalue weighted by Gasteiger charge is 2.34. The molecule has 3 rings (SSSR count). The Bertz CT molecular complexity index is 1030. The van der Waals surface area contributed by atoms with Gasteiger partial charge in [0.15, 0.2) is 5.17 Å². The summed E-state index contributed by atoms with van der Waals surface area (Å²) in [4.78, 5) is 14.1. The number of hydrogen-bond acceptors (Lipinski definition) is 4. The molecular formula is C19H15FN2O3S2. The molecule has 8 heteroatoms. The Balaban J connectivity index is 1.99. The molecule has 1 fully saturated rings. The first-order valence-corrected chi connectivity index (χ1v) is 10.1. The van der Waals surface area contributed by atoms with E-state index < -0.39 is 15.8 Å². The second-order valence-corrected chi connectivity index (χ2v) is 8.14. The number of amides is 1. The van der Waals surface area contributed by atoms with Crippen molar-refractivity contribution in [1.29, 1.82) is 0 Å². The summed E-state index contributed by atoms with van der Waals surface area (Å²) < 4.78 is 41.9. The number of thioether (sulfide) groups is 1. The van der Waals surface area contributed by atoms with Gasteiger partial charge in [0.05, 0.1) is 9.80 Å². The first-order chi connectivity index (χ1) is 12.9. The number of benzene rings is 2. The second-order valence-electron chi connectivity index (χ2n) is 5.53. The third-order valence-corrected chi connectivity index (χ3v) is 6.01. The molecule has 0 saturated carbocycles. The first kappa shape index (κ1) is 19.1. The summed E-state index contributed by atoms with van der Waals surface area (Å²) in [6, 6.07) is 13.6. The van der Waals surface area contributed by atoms with Gasteiger partial charge in [0.25, 0.3) is 15.9 Å². The van der Waals surface area contributed by atoms with Crippen molar-refractivity contribution in [2.45, 2.75) is 4.90 Å². The molecule has 2 aromatic rings. The van der Waals surface area contributed by atoms with Crippen molar-refractivity contribution in [3.05, 3.63) is 83.5 Å². The van der Waals surface area contributed by atoms with Crippen LogP contribution in [0.5, 0.6) is 0 Å². The fraction of sp³-hybridized carbons (Fsp3) is 0.0526. The van der Waals surface area contributed by atoms with Gasteiger partial charge in [0, 0.05) is 6.54 Å². The number of carbonyl (C=O) groups is 1. The van der Waals surface area contributed by atoms with E-state index in [4.69, 9.17) is 0 Å². The van der Waals surface area contributed by atoms with Crippen molar-refractivity contribution in [2.75, 3.05) is 6.54 Å². The Hall–Kier alpha value is -2.71. The van der Waals surface area contributed by atoms with Crippen molar-refractivity contribution in [3.63, 3.8) is 0 Å². The van der Waals surface area contributed by atoms with Gasteiger partial charge in [-0.2, -0.15) is 8.42 Å². The first-order valence-electron chi connectivity index (χ1n) is 7.88. The molecule has 1 amide bonds. The van der Waals surface area contributed by atoms with E-state index in [0.29, 0.717) is 4.91 Å². The smallest absolute Gasteiger partial charge is 0.282 e. The van der Waals surface area contributed by atoms with Crippen molar-refractivity contribution in [3.8, 4) is 0 Å². The summed E-state index contributed by atoms with van der Waals surface area (Å²) in [6.45, 7) is 3.72. The van der Waals surface area contributed by atoms with Gasteiger partial charge in [-0.15, -0.1) is 11.0 Å². The van der Waals surface area contributed by atoms with Crippen LogP contribution in [0.1, 0.15) is 5.56 Å². The lowest BCUT2D eigenvalue weighted by Gasteiger charge is -2.12. The van der Waals surface area contributed by atoms with E-state index >= 15 is 0 Å². The third-order valence-electron chi connectivity index (χ3n) is 3.61. The fourth-order valence-electron chi connectivity index (χ4n) is 2.33. The van der Waals surface area contributed by atoms with E-state index in [-0.39, 0.29) is 22.5 Å². The van der Waals surface area contributed by atoms with Crippen LogP contribution in [-0.2, 0) is 14.8 Å². The van der Waals surface area contributed by atoms with E-state index in [1.807, 2.05) is 30.3 Å². The van der Waals surface area contributed by atoms with Gasteiger partial charge < -0.3 is 0 Å². The van der Waals surface area contributed by atoms with Gasteiger partial charge >= 0.3 is 0 Å². The molecule has 138 valence electrons. The van der Waals surface area contributed by atoms with Crippen molar-refractivity contribution in [1.82, 2.24) is 4.90 Å². The SMILES string of the molecule is C=CCN1C(=O)C(=Cc2ccccc2)SC1=NS(=O)(=O)c1ccc(F)cc1. The lowest BCUT2D eigenvalue weighted by molar-refractivity contribution is -0.121. The number of sulfonamides is 1. The highest BCUT2D eigenvalue weighted by Crippen LogP contribution is 2.33. The number of rotatable bonds is 5. The zero-order valence-electron chi connectivity index (χ0n) is 14.1. The zero-order valence-corrected chi connectivity index (χ0v) is 15.7. The lowest BCUT2D eigenvalue weighted by atomic mass is 10.2. The Morgan fingerprint density at radius 1 is 1.11 bits per heavy atom. The summed E-state index contributed by atoms with van der Waals surface area (Å²) >= 11 is 0.973. The van der Waals surface area contributed by atoms with Crippen molar-refractivity contribution < 1.29 is 17.6 Å². The topological polar surface area (TPSA) is 66.8 Å². The predicted molar refractivity (Wildman–Crippen MR) is 105 cm³/mol. The summed E-state index contributed by atoms with van der Waals surface area (Å²) in [5, 5.41) is 0.0337. The summed E-state index contributed by atoms with van der Waals surface area (Å²) in [7, 11) is -4.09. The minimum atomic E-state index is -4.09. The summed E-state index contributed by atoms with van der Waals surface area (Å²) in [6.07, 6.45) is 3.17. The number of halogens is 1. The molecular weight excluding hydrogens is 387 g/mol. The van der Waals surface area contributed by atoms with E-state index in [1.54, 1.807) is 6.08 Å². The van der Waals surface area contributed by atoms with E-state index in [1.165, 1.54) is 11.0 Å². The Morgan fingerprint density at radius 3 is 2.41 bits per heavy atom. The van der Waals surface area contributed by atoms with Crippen LogP contribution in [-0.4, -0.2) is 30.9 Å². The van der Waals surface area contributed by atoms with Crippen molar-refractivity contribution in [2.24, 2.45) is 4.40 Å². The van der Waals surface area contributed by atoms with E-state index in [2.05, 4.69) is 11.0 Å². The molecule has 0 bridgehead atoms. The van der Waals surface area contributed by atoms with Crippen LogP contribution in [0.15, 0.2) is 81.5 Å². The molecule has 1 heterocycles. The maximum atomic E-state index is 13.0. The quantitative estimate of drug-likeness (QED) is 0.565. The largest absolute Gasteiger partial charge is 0.284 e. The van der Waals surface area contributed by atoms with Gasteiger partial charge in [-0.1, -0.05) is 36.4 Å². The molecule has 1 saturated heterocycles. The Kier molecular flexibility index (Phi) is 5.57. The number of nitrogens with zero attached hydrogens (tertiary/aromatic N) is 2. The minimum Gasteiger partial charge on any atom is -0.282 e. The van der Waals surface area contributed by atoms with Crippen LogP contribution in [0.4, 0.5) is 4.39 Å². The third kappa shape index (κ3) is 4.35. The summed E-state index contributed by atoms with van der Waals surface area (Å²) in [5.41, 5.74) is 0.814. The zero-order chi connectivity index (χ0) is 19.4. The molecule has 0 spiro atoms. The number of carbonyl (C=O) groups excluding carboxylic acids is 1. The fourth-order valence-corrected chi connectivity index (χ4v) is 4.52. The van der Waals surface area contributed by atoms with Crippen LogP contribution >= 0.6 is 11.8 Å². The molecule has 2 aromatic carbocycles.